The van der Waals surface area contributed by atoms with E-state index in [1.54, 1.807) is 6.92 Å². The number of urea groups is 1. The Morgan fingerprint density at radius 1 is 1.19 bits per heavy atom. The molecule has 0 saturated carbocycles. The molecule has 7 nitrogen and oxygen atoms in total. The number of aliphatic hydroxyl groups excluding tert-OH is 1. The highest BCUT2D eigenvalue weighted by atomic mass is 19.4. The van der Waals surface area contributed by atoms with Crippen LogP contribution in [0.15, 0.2) is 41.0 Å². The van der Waals surface area contributed by atoms with Crippen LogP contribution in [-0.4, -0.2) is 23.6 Å². The highest BCUT2D eigenvalue weighted by Gasteiger charge is 2.34. The summed E-state index contributed by atoms with van der Waals surface area (Å²) >= 11 is 0. The molecule has 10 heteroatoms. The van der Waals surface area contributed by atoms with E-state index in [0.717, 1.165) is 12.1 Å². The highest BCUT2D eigenvalue weighted by Crippen LogP contribution is 2.34. The normalized spacial score (nSPS) is 12.3. The lowest BCUT2D eigenvalue weighted by Gasteiger charge is -2.18. The van der Waals surface area contributed by atoms with E-state index in [-0.39, 0.29) is 11.1 Å². The first kappa shape index (κ1) is 19.3. The standard InChI is InChI=1S/C16H16F3N3O4/c1-9-10(6-7-26-9)14(24)21-22-15(25)20-8-13(23)11-4-2-3-5-12(11)16(17,18)19/h2-7,13,23H,8H2,1H3,(H,21,24)(H2,20,22,25)/t13-/m0/s1. The van der Waals surface area contributed by atoms with E-state index in [1.165, 1.54) is 24.5 Å². The largest absolute Gasteiger partial charge is 0.469 e. The van der Waals surface area contributed by atoms with E-state index >= 15 is 0 Å². The summed E-state index contributed by atoms with van der Waals surface area (Å²) in [4.78, 5) is 23.4. The molecule has 2 aromatic rings. The Morgan fingerprint density at radius 3 is 2.50 bits per heavy atom. The molecule has 4 N–H and O–H groups in total. The SMILES string of the molecule is Cc1occc1C(=O)NNC(=O)NC[C@H](O)c1ccccc1C(F)(F)F. The van der Waals surface area contributed by atoms with E-state index in [9.17, 15) is 27.9 Å². The number of carbonyl (C=O) groups is 2. The quantitative estimate of drug-likeness (QED) is 0.619. The van der Waals surface area contributed by atoms with Gasteiger partial charge in [-0.05, 0) is 24.6 Å². The average molecular weight is 371 g/mol. The van der Waals surface area contributed by atoms with E-state index in [4.69, 9.17) is 4.42 Å². The zero-order valence-corrected chi connectivity index (χ0v) is 13.6. The van der Waals surface area contributed by atoms with Gasteiger partial charge in [0.05, 0.1) is 23.5 Å². The second kappa shape index (κ2) is 7.91. The van der Waals surface area contributed by atoms with Crippen molar-refractivity contribution in [3.63, 3.8) is 0 Å². The number of aliphatic hydroxyl groups is 1. The van der Waals surface area contributed by atoms with Gasteiger partial charge >= 0.3 is 12.2 Å². The van der Waals surface area contributed by atoms with Crippen molar-refractivity contribution >= 4 is 11.9 Å². The minimum Gasteiger partial charge on any atom is -0.469 e. The van der Waals surface area contributed by atoms with Crippen LogP contribution >= 0.6 is 0 Å². The summed E-state index contributed by atoms with van der Waals surface area (Å²) in [6, 6.07) is 5.02. The molecule has 0 unspecified atom stereocenters. The third kappa shape index (κ3) is 4.76. The topological polar surface area (TPSA) is 104 Å². The molecule has 26 heavy (non-hydrogen) atoms. The van der Waals surface area contributed by atoms with Crippen molar-refractivity contribution in [2.75, 3.05) is 6.54 Å². The van der Waals surface area contributed by atoms with Crippen LogP contribution in [0, 0.1) is 6.92 Å². The first-order chi connectivity index (χ1) is 12.2. The van der Waals surface area contributed by atoms with E-state index in [2.05, 4.69) is 10.7 Å². The fraction of sp³-hybridized carbons (Fsp3) is 0.250. The van der Waals surface area contributed by atoms with Crippen molar-refractivity contribution in [1.29, 1.82) is 0 Å². The van der Waals surface area contributed by atoms with Gasteiger partial charge in [0.1, 0.15) is 5.76 Å². The maximum Gasteiger partial charge on any atom is 0.416 e. The number of halogens is 3. The molecule has 1 atom stereocenters. The number of hydrazine groups is 1. The van der Waals surface area contributed by atoms with Crippen molar-refractivity contribution < 1.29 is 32.3 Å². The number of benzene rings is 1. The van der Waals surface area contributed by atoms with Gasteiger partial charge in [-0.3, -0.25) is 10.2 Å². The fourth-order valence-electron chi connectivity index (χ4n) is 2.19. The second-order valence-corrected chi connectivity index (χ2v) is 5.28. The summed E-state index contributed by atoms with van der Waals surface area (Å²) in [6.45, 7) is 1.07. The molecule has 0 fully saturated rings. The van der Waals surface area contributed by atoms with E-state index < -0.39 is 36.3 Å². The molecule has 0 aliphatic heterocycles. The number of rotatable bonds is 4. The Labute approximate surface area is 146 Å². The van der Waals surface area contributed by atoms with Crippen LogP contribution < -0.4 is 16.2 Å². The lowest BCUT2D eigenvalue weighted by molar-refractivity contribution is -0.139. The van der Waals surface area contributed by atoms with Crippen LogP contribution in [0.5, 0.6) is 0 Å². The van der Waals surface area contributed by atoms with Crippen molar-refractivity contribution in [2.45, 2.75) is 19.2 Å². The number of carbonyl (C=O) groups excluding carboxylic acids is 2. The lowest BCUT2D eigenvalue weighted by atomic mass is 10.0. The predicted octanol–water partition coefficient (Wildman–Crippen LogP) is 2.28. The molecule has 0 saturated heterocycles. The Balaban J connectivity index is 1.88. The molecule has 0 aliphatic carbocycles. The smallest absolute Gasteiger partial charge is 0.416 e. The molecule has 140 valence electrons. The van der Waals surface area contributed by atoms with Gasteiger partial charge in [0, 0.05) is 6.54 Å². The van der Waals surface area contributed by atoms with Gasteiger partial charge in [-0.15, -0.1) is 0 Å². The Hall–Kier alpha value is -3.01. The Bertz CT molecular complexity index is 789. The number of hydrogen-bond acceptors (Lipinski definition) is 4. The van der Waals surface area contributed by atoms with Crippen LogP contribution in [0.2, 0.25) is 0 Å². The summed E-state index contributed by atoms with van der Waals surface area (Å²) in [5, 5.41) is 12.1. The van der Waals surface area contributed by atoms with Crippen LogP contribution in [0.4, 0.5) is 18.0 Å². The van der Waals surface area contributed by atoms with Crippen LogP contribution in [0.1, 0.15) is 33.3 Å². The maximum absolute atomic E-state index is 12.9. The third-order valence-electron chi connectivity index (χ3n) is 3.47. The van der Waals surface area contributed by atoms with Crippen LogP contribution in [0.3, 0.4) is 0 Å². The van der Waals surface area contributed by atoms with Crippen molar-refractivity contribution in [3.05, 3.63) is 59.0 Å². The lowest BCUT2D eigenvalue weighted by Crippen LogP contribution is -2.47. The van der Waals surface area contributed by atoms with Crippen molar-refractivity contribution in [1.82, 2.24) is 16.2 Å². The molecule has 0 aliphatic rings. The minimum atomic E-state index is -4.63. The zero-order valence-electron chi connectivity index (χ0n) is 13.6. The van der Waals surface area contributed by atoms with Gasteiger partial charge in [0.2, 0.25) is 0 Å². The number of amides is 3. The number of nitrogens with one attached hydrogen (secondary N) is 3. The predicted molar refractivity (Wildman–Crippen MR) is 83.8 cm³/mol. The van der Waals surface area contributed by atoms with Crippen molar-refractivity contribution in [2.24, 2.45) is 0 Å². The molecule has 0 bridgehead atoms. The first-order valence-corrected chi connectivity index (χ1v) is 7.42. The van der Waals surface area contributed by atoms with Gasteiger partial charge in [0.15, 0.2) is 0 Å². The monoisotopic (exact) mass is 371 g/mol. The molecule has 0 spiro atoms. The summed E-state index contributed by atoms with van der Waals surface area (Å²) in [7, 11) is 0. The first-order valence-electron chi connectivity index (χ1n) is 7.42. The van der Waals surface area contributed by atoms with Gasteiger partial charge in [-0.1, -0.05) is 18.2 Å². The summed E-state index contributed by atoms with van der Waals surface area (Å²) < 4.78 is 43.7. The highest BCUT2D eigenvalue weighted by molar-refractivity contribution is 5.96. The molecule has 1 heterocycles. The Morgan fingerprint density at radius 2 is 1.88 bits per heavy atom. The average Bonchev–Trinajstić information content (AvgIpc) is 3.02. The van der Waals surface area contributed by atoms with Gasteiger partial charge < -0.3 is 14.8 Å². The van der Waals surface area contributed by atoms with Crippen LogP contribution in [0.25, 0.3) is 0 Å². The summed E-state index contributed by atoms with van der Waals surface area (Å²) in [5.74, 6) is -0.279. The van der Waals surface area contributed by atoms with Gasteiger partial charge in [0.25, 0.3) is 5.91 Å². The van der Waals surface area contributed by atoms with Crippen molar-refractivity contribution in [3.8, 4) is 0 Å². The summed E-state index contributed by atoms with van der Waals surface area (Å²) in [5.41, 5.74) is 2.99. The molecular formula is C16H16F3N3O4. The molecule has 0 radical (unpaired) electrons. The zero-order chi connectivity index (χ0) is 19.3. The molecule has 1 aromatic carbocycles. The Kier molecular flexibility index (Phi) is 5.88. The van der Waals surface area contributed by atoms with E-state index in [1.807, 2.05) is 5.43 Å². The number of hydrogen-bond donors (Lipinski definition) is 4. The fourth-order valence-corrected chi connectivity index (χ4v) is 2.19. The summed E-state index contributed by atoms with van der Waals surface area (Å²) in [6.07, 6.45) is -4.90. The minimum absolute atomic E-state index is 0.212. The number of furan rings is 1. The van der Waals surface area contributed by atoms with Crippen LogP contribution in [-0.2, 0) is 6.18 Å². The second-order valence-electron chi connectivity index (χ2n) is 5.28. The van der Waals surface area contributed by atoms with Gasteiger partial charge in [-0.2, -0.15) is 13.2 Å². The van der Waals surface area contributed by atoms with Gasteiger partial charge in [-0.25, -0.2) is 10.2 Å². The molecular weight excluding hydrogens is 355 g/mol. The molecule has 2 rings (SSSR count). The number of alkyl halides is 3. The maximum atomic E-state index is 12.9. The number of aryl methyl sites for hydroxylation is 1. The third-order valence-corrected chi connectivity index (χ3v) is 3.47. The molecule has 3 amide bonds. The molecule has 1 aromatic heterocycles. The van der Waals surface area contributed by atoms with E-state index in [0.29, 0.717) is 5.76 Å².